The molecule has 0 nitrogen and oxygen atoms in total. The van der Waals surface area contributed by atoms with Crippen molar-refractivity contribution in [1.82, 2.24) is 0 Å². The van der Waals surface area contributed by atoms with Crippen molar-refractivity contribution in [2.75, 3.05) is 0 Å². The molecule has 194 valence electrons. The monoisotopic (exact) mass is 466 g/mol. The van der Waals surface area contributed by atoms with Crippen molar-refractivity contribution in [2.24, 2.45) is 0 Å². The summed E-state index contributed by atoms with van der Waals surface area (Å²) in [6.07, 6.45) is 35.5. The van der Waals surface area contributed by atoms with Crippen molar-refractivity contribution in [3.8, 4) is 0 Å². The molecule has 0 aromatic carbocycles. The summed E-state index contributed by atoms with van der Waals surface area (Å²) in [4.78, 5) is 0. The van der Waals surface area contributed by atoms with Crippen molar-refractivity contribution in [1.29, 1.82) is 0 Å². The number of hydrogen-bond acceptors (Lipinski definition) is 0. The summed E-state index contributed by atoms with van der Waals surface area (Å²) >= 11 is 0. The van der Waals surface area contributed by atoms with Crippen LogP contribution in [0.4, 0.5) is 0 Å². The van der Waals surface area contributed by atoms with Crippen LogP contribution >= 0.6 is 0 Å². The van der Waals surface area contributed by atoms with E-state index in [1.54, 1.807) is 37.4 Å². The standard InChI is InChI=1S/C31H66Si/c1-5-8-11-14-17-20-23-26-29-32(4,30-27-24-21-18-15-12-9-6-2)31-28-25-22-19-16-13-10-7-3/h5-31H2,1-4H3. The Labute approximate surface area is 207 Å². The van der Waals surface area contributed by atoms with E-state index < -0.39 is 8.07 Å². The molecule has 0 atom stereocenters. The summed E-state index contributed by atoms with van der Waals surface area (Å²) in [7, 11) is -0.993. The lowest BCUT2D eigenvalue weighted by molar-refractivity contribution is 0.575. The van der Waals surface area contributed by atoms with E-state index in [9.17, 15) is 0 Å². The van der Waals surface area contributed by atoms with Crippen molar-refractivity contribution in [2.45, 2.75) is 200 Å². The van der Waals surface area contributed by atoms with E-state index in [0.717, 1.165) is 0 Å². The van der Waals surface area contributed by atoms with Gasteiger partial charge in [-0.1, -0.05) is 200 Å². The molecule has 0 aliphatic rings. The van der Waals surface area contributed by atoms with Gasteiger partial charge in [-0.05, 0) is 0 Å². The summed E-state index contributed by atoms with van der Waals surface area (Å²) in [5.74, 6) is 0. The van der Waals surface area contributed by atoms with Gasteiger partial charge in [0, 0.05) is 0 Å². The van der Waals surface area contributed by atoms with Gasteiger partial charge in [0.15, 0.2) is 0 Å². The highest BCUT2D eigenvalue weighted by molar-refractivity contribution is 6.78. The number of hydrogen-bond donors (Lipinski definition) is 0. The van der Waals surface area contributed by atoms with E-state index >= 15 is 0 Å². The molecule has 0 radical (unpaired) electrons. The van der Waals surface area contributed by atoms with Gasteiger partial charge in [0.05, 0.1) is 8.07 Å². The van der Waals surface area contributed by atoms with E-state index in [1.807, 2.05) is 0 Å². The topological polar surface area (TPSA) is 0 Å². The minimum Gasteiger partial charge on any atom is -0.0691 e. The molecule has 0 saturated carbocycles. The van der Waals surface area contributed by atoms with Crippen LogP contribution in [0.25, 0.3) is 0 Å². The normalized spacial score (nSPS) is 12.0. The van der Waals surface area contributed by atoms with E-state index in [2.05, 4.69) is 27.3 Å². The maximum atomic E-state index is 2.79. The van der Waals surface area contributed by atoms with Gasteiger partial charge in [0.2, 0.25) is 0 Å². The lowest BCUT2D eigenvalue weighted by atomic mass is 10.1. The minimum absolute atomic E-state index is 0.993. The zero-order valence-corrected chi connectivity index (χ0v) is 24.6. The predicted octanol–water partition coefficient (Wildman–Crippen LogP) is 12.5. The maximum Gasteiger partial charge on any atom is 0.0504 e. The average molecular weight is 467 g/mol. The third kappa shape index (κ3) is 23.4. The molecule has 1 heteroatoms. The molecule has 0 aliphatic carbocycles. The van der Waals surface area contributed by atoms with Crippen LogP contribution < -0.4 is 0 Å². The first-order valence-electron chi connectivity index (χ1n) is 15.7. The van der Waals surface area contributed by atoms with Crippen LogP contribution in [-0.2, 0) is 0 Å². The Kier molecular flexibility index (Phi) is 26.0. The van der Waals surface area contributed by atoms with E-state index in [0.29, 0.717) is 0 Å². The van der Waals surface area contributed by atoms with Crippen LogP contribution in [0.5, 0.6) is 0 Å². The molecule has 0 amide bonds. The van der Waals surface area contributed by atoms with Crippen molar-refractivity contribution in [3.63, 3.8) is 0 Å². The van der Waals surface area contributed by atoms with Crippen LogP contribution in [0.3, 0.4) is 0 Å². The summed E-state index contributed by atoms with van der Waals surface area (Å²) in [6.45, 7) is 9.76. The molecule has 0 spiro atoms. The fourth-order valence-electron chi connectivity index (χ4n) is 5.43. The fraction of sp³-hybridized carbons (Fsp3) is 1.00. The Bertz CT molecular complexity index is 287. The van der Waals surface area contributed by atoms with Crippen molar-refractivity contribution in [3.05, 3.63) is 0 Å². The van der Waals surface area contributed by atoms with Crippen LogP contribution in [0, 0.1) is 0 Å². The summed E-state index contributed by atoms with van der Waals surface area (Å²) < 4.78 is 0. The Morgan fingerprint density at radius 2 is 0.469 bits per heavy atom. The SMILES string of the molecule is CCCCCCCCCC[Si](C)(CCCCCCCCCC)CCCCCCCCCC. The van der Waals surface area contributed by atoms with Gasteiger partial charge < -0.3 is 0 Å². The summed E-state index contributed by atoms with van der Waals surface area (Å²) in [5.41, 5.74) is 0. The average Bonchev–Trinajstić information content (AvgIpc) is 2.79. The molecule has 0 aromatic rings. The molecule has 0 fully saturated rings. The second-order valence-electron chi connectivity index (χ2n) is 11.5. The molecular weight excluding hydrogens is 400 g/mol. The molecule has 0 saturated heterocycles. The molecule has 32 heavy (non-hydrogen) atoms. The van der Waals surface area contributed by atoms with Gasteiger partial charge in [-0.25, -0.2) is 0 Å². The molecule has 0 N–H and O–H groups in total. The highest BCUT2D eigenvalue weighted by atomic mass is 28.3. The van der Waals surface area contributed by atoms with Gasteiger partial charge >= 0.3 is 0 Å². The Hall–Kier alpha value is 0.217. The van der Waals surface area contributed by atoms with Crippen LogP contribution in [0.2, 0.25) is 24.7 Å². The number of unbranched alkanes of at least 4 members (excludes halogenated alkanes) is 21. The second kappa shape index (κ2) is 25.8. The Balaban J connectivity index is 4.04. The second-order valence-corrected chi connectivity index (χ2v) is 16.6. The molecule has 0 heterocycles. The smallest absolute Gasteiger partial charge is 0.0504 e. The summed E-state index contributed by atoms with van der Waals surface area (Å²) in [5, 5.41) is 0. The zero-order chi connectivity index (χ0) is 23.6. The molecule has 0 bridgehead atoms. The Morgan fingerprint density at radius 3 is 0.688 bits per heavy atom. The first kappa shape index (κ1) is 32.2. The Morgan fingerprint density at radius 1 is 0.281 bits per heavy atom. The molecular formula is C31H66Si. The third-order valence-corrected chi connectivity index (χ3v) is 12.6. The molecule has 0 rings (SSSR count). The van der Waals surface area contributed by atoms with Crippen molar-refractivity contribution >= 4 is 8.07 Å². The first-order valence-corrected chi connectivity index (χ1v) is 18.8. The quantitative estimate of drug-likeness (QED) is 0.0833. The fourth-order valence-corrected chi connectivity index (χ4v) is 9.49. The van der Waals surface area contributed by atoms with E-state index in [1.165, 1.54) is 135 Å². The summed E-state index contributed by atoms with van der Waals surface area (Å²) in [6, 6.07) is 4.90. The predicted molar refractivity (Wildman–Crippen MR) is 154 cm³/mol. The third-order valence-electron chi connectivity index (χ3n) is 7.90. The van der Waals surface area contributed by atoms with E-state index in [-0.39, 0.29) is 0 Å². The maximum absolute atomic E-state index is 2.79. The lowest BCUT2D eigenvalue weighted by Crippen LogP contribution is -2.29. The van der Waals surface area contributed by atoms with Gasteiger partial charge in [-0.2, -0.15) is 0 Å². The van der Waals surface area contributed by atoms with Gasteiger partial charge in [-0.3, -0.25) is 0 Å². The largest absolute Gasteiger partial charge is 0.0691 e. The van der Waals surface area contributed by atoms with Gasteiger partial charge in [-0.15, -0.1) is 0 Å². The molecule has 0 aliphatic heterocycles. The molecule has 0 unspecified atom stereocenters. The highest BCUT2D eigenvalue weighted by Crippen LogP contribution is 2.30. The molecule has 0 aromatic heterocycles. The van der Waals surface area contributed by atoms with E-state index in [4.69, 9.17) is 0 Å². The number of rotatable bonds is 27. The zero-order valence-electron chi connectivity index (χ0n) is 23.6. The van der Waals surface area contributed by atoms with Crippen molar-refractivity contribution < 1.29 is 0 Å². The lowest BCUT2D eigenvalue weighted by Gasteiger charge is -2.28. The van der Waals surface area contributed by atoms with Crippen LogP contribution in [-0.4, -0.2) is 8.07 Å². The van der Waals surface area contributed by atoms with Gasteiger partial charge in [0.25, 0.3) is 0 Å². The minimum atomic E-state index is -0.993. The highest BCUT2D eigenvalue weighted by Gasteiger charge is 2.25. The van der Waals surface area contributed by atoms with Crippen LogP contribution in [0.1, 0.15) is 175 Å². The van der Waals surface area contributed by atoms with Gasteiger partial charge in [0.1, 0.15) is 0 Å². The first-order chi connectivity index (χ1) is 15.7. The van der Waals surface area contributed by atoms with Crippen LogP contribution in [0.15, 0.2) is 0 Å².